The molecule has 0 heterocycles. The van der Waals surface area contributed by atoms with Gasteiger partial charge in [0, 0.05) is 5.56 Å². The summed E-state index contributed by atoms with van der Waals surface area (Å²) in [5.74, 6) is 0. The number of fused-ring (bicyclic) bond motifs is 1. The number of aryl methyl sites for hydroxylation is 1. The highest BCUT2D eigenvalue weighted by Crippen LogP contribution is 2.17. The Balaban J connectivity index is 1.83. The van der Waals surface area contributed by atoms with Crippen molar-refractivity contribution in [3.8, 4) is 0 Å². The van der Waals surface area contributed by atoms with Crippen LogP contribution in [0.5, 0.6) is 0 Å². The number of halogens is 1. The third kappa shape index (κ3) is 3.23. The summed E-state index contributed by atoms with van der Waals surface area (Å²) in [6, 6.07) is 22.3. The van der Waals surface area contributed by atoms with Gasteiger partial charge in [-0.25, -0.2) is 0 Å². The second-order valence-corrected chi connectivity index (χ2v) is 5.30. The van der Waals surface area contributed by atoms with Gasteiger partial charge < -0.3 is 0 Å². The van der Waals surface area contributed by atoms with Crippen LogP contribution in [0.15, 0.2) is 71.8 Å². The molecule has 3 rings (SSSR count). The molecule has 104 valence electrons. The predicted molar refractivity (Wildman–Crippen MR) is 91.1 cm³/mol. The maximum absolute atomic E-state index is 6.28. The first kappa shape index (κ1) is 13.7. The van der Waals surface area contributed by atoms with E-state index in [1.807, 2.05) is 48.5 Å². The van der Waals surface area contributed by atoms with Crippen molar-refractivity contribution < 1.29 is 0 Å². The summed E-state index contributed by atoms with van der Waals surface area (Å²) >= 11 is 6.28. The minimum Gasteiger partial charge on any atom is -0.277 e. The van der Waals surface area contributed by atoms with Crippen LogP contribution in [0.2, 0.25) is 0 Å². The van der Waals surface area contributed by atoms with Crippen molar-refractivity contribution in [2.45, 2.75) is 6.92 Å². The van der Waals surface area contributed by atoms with Gasteiger partial charge in [-0.2, -0.15) is 5.10 Å². The molecule has 1 N–H and O–H groups in total. The van der Waals surface area contributed by atoms with Crippen molar-refractivity contribution in [2.75, 3.05) is 5.43 Å². The maximum atomic E-state index is 6.28. The molecule has 3 aromatic carbocycles. The van der Waals surface area contributed by atoms with Gasteiger partial charge in [-0.1, -0.05) is 65.7 Å². The first-order valence-corrected chi connectivity index (χ1v) is 7.15. The molecule has 0 radical (unpaired) electrons. The lowest BCUT2D eigenvalue weighted by Crippen LogP contribution is -1.97. The molecule has 0 aliphatic carbocycles. The number of nitrogens with zero attached hydrogens (tertiary/aromatic N) is 1. The first-order valence-electron chi connectivity index (χ1n) is 6.77. The molecule has 0 bridgehead atoms. The molecule has 0 unspecified atom stereocenters. The number of hydrazone groups is 1. The second-order valence-electron chi connectivity index (χ2n) is 4.94. The third-order valence-electron chi connectivity index (χ3n) is 3.32. The molecule has 21 heavy (non-hydrogen) atoms. The highest BCUT2D eigenvalue weighted by molar-refractivity contribution is 6.69. The van der Waals surface area contributed by atoms with Crippen molar-refractivity contribution in [3.05, 3.63) is 77.9 Å². The smallest absolute Gasteiger partial charge is 0.156 e. The van der Waals surface area contributed by atoms with Crippen LogP contribution in [0.4, 0.5) is 5.69 Å². The van der Waals surface area contributed by atoms with E-state index in [0.29, 0.717) is 5.17 Å². The van der Waals surface area contributed by atoms with Crippen LogP contribution < -0.4 is 5.43 Å². The van der Waals surface area contributed by atoms with Crippen molar-refractivity contribution >= 4 is 33.2 Å². The molecule has 0 saturated carbocycles. The van der Waals surface area contributed by atoms with E-state index < -0.39 is 0 Å². The van der Waals surface area contributed by atoms with Crippen LogP contribution in [-0.2, 0) is 0 Å². The lowest BCUT2D eigenvalue weighted by molar-refractivity contribution is 1.33. The summed E-state index contributed by atoms with van der Waals surface area (Å²) in [5.41, 5.74) is 6.00. The van der Waals surface area contributed by atoms with Crippen molar-refractivity contribution in [3.63, 3.8) is 0 Å². The molecule has 2 nitrogen and oxygen atoms in total. The molecule has 0 atom stereocenters. The Morgan fingerprint density at radius 2 is 1.62 bits per heavy atom. The maximum Gasteiger partial charge on any atom is 0.156 e. The fraction of sp³-hybridized carbons (Fsp3) is 0.0556. The first-order chi connectivity index (χ1) is 10.2. The quantitative estimate of drug-likeness (QED) is 0.523. The largest absolute Gasteiger partial charge is 0.277 e. The van der Waals surface area contributed by atoms with Gasteiger partial charge in [-0.3, -0.25) is 5.43 Å². The van der Waals surface area contributed by atoms with Gasteiger partial charge in [-0.15, -0.1) is 0 Å². The average Bonchev–Trinajstić information content (AvgIpc) is 2.53. The summed E-state index contributed by atoms with van der Waals surface area (Å²) in [6.07, 6.45) is 0. The lowest BCUT2D eigenvalue weighted by atomic mass is 10.1. The Hall–Kier alpha value is -2.32. The standard InChI is InChI=1S/C18H15ClN2/c1-13-6-10-17(11-7-13)20-21-18(19)16-9-8-14-4-2-3-5-15(14)12-16/h2-12,20H,1H3/b21-18-. The van der Waals surface area contributed by atoms with Crippen LogP contribution in [0.1, 0.15) is 11.1 Å². The summed E-state index contributed by atoms with van der Waals surface area (Å²) in [7, 11) is 0. The summed E-state index contributed by atoms with van der Waals surface area (Å²) < 4.78 is 0. The van der Waals surface area contributed by atoms with E-state index in [9.17, 15) is 0 Å². The van der Waals surface area contributed by atoms with Crippen LogP contribution in [0.25, 0.3) is 10.8 Å². The van der Waals surface area contributed by atoms with E-state index >= 15 is 0 Å². The topological polar surface area (TPSA) is 24.4 Å². The average molecular weight is 295 g/mol. The minimum absolute atomic E-state index is 0.446. The van der Waals surface area contributed by atoms with Gasteiger partial charge in [-0.05, 0) is 35.9 Å². The van der Waals surface area contributed by atoms with E-state index in [1.165, 1.54) is 10.9 Å². The van der Waals surface area contributed by atoms with Gasteiger partial charge in [0.2, 0.25) is 0 Å². The summed E-state index contributed by atoms with van der Waals surface area (Å²) in [5, 5.41) is 7.02. The fourth-order valence-electron chi connectivity index (χ4n) is 2.12. The second kappa shape index (κ2) is 5.98. The van der Waals surface area contributed by atoms with Gasteiger partial charge in [0.25, 0.3) is 0 Å². The zero-order valence-electron chi connectivity index (χ0n) is 11.7. The van der Waals surface area contributed by atoms with Gasteiger partial charge in [0.05, 0.1) is 5.69 Å². The molecule has 3 aromatic rings. The molecule has 0 aliphatic heterocycles. The van der Waals surface area contributed by atoms with Crippen LogP contribution in [0, 0.1) is 6.92 Å². The van der Waals surface area contributed by atoms with E-state index in [2.05, 4.69) is 35.7 Å². The van der Waals surface area contributed by atoms with Gasteiger partial charge in [0.15, 0.2) is 5.17 Å². The number of anilines is 1. The Labute approximate surface area is 129 Å². The molecule has 0 amide bonds. The summed E-state index contributed by atoms with van der Waals surface area (Å²) in [6.45, 7) is 2.05. The Kier molecular flexibility index (Phi) is 3.89. The Bertz CT molecular complexity index is 792. The molecule has 0 spiro atoms. The lowest BCUT2D eigenvalue weighted by Gasteiger charge is -2.04. The predicted octanol–water partition coefficient (Wildman–Crippen LogP) is 5.16. The SMILES string of the molecule is Cc1ccc(N/N=C(\Cl)c2ccc3ccccc3c2)cc1. The van der Waals surface area contributed by atoms with Crippen LogP contribution in [0.3, 0.4) is 0 Å². The van der Waals surface area contributed by atoms with Gasteiger partial charge >= 0.3 is 0 Å². The molecular formula is C18H15ClN2. The highest BCUT2D eigenvalue weighted by atomic mass is 35.5. The van der Waals surface area contributed by atoms with Crippen LogP contribution in [-0.4, -0.2) is 5.17 Å². The van der Waals surface area contributed by atoms with Gasteiger partial charge in [0.1, 0.15) is 0 Å². The molecule has 0 saturated heterocycles. The normalized spacial score (nSPS) is 11.6. The molecule has 0 aliphatic rings. The van der Waals surface area contributed by atoms with E-state index in [1.54, 1.807) is 0 Å². The van der Waals surface area contributed by atoms with E-state index in [4.69, 9.17) is 11.6 Å². The summed E-state index contributed by atoms with van der Waals surface area (Å²) in [4.78, 5) is 0. The van der Waals surface area contributed by atoms with Crippen molar-refractivity contribution in [1.29, 1.82) is 0 Å². The monoisotopic (exact) mass is 294 g/mol. The highest BCUT2D eigenvalue weighted by Gasteiger charge is 2.01. The minimum atomic E-state index is 0.446. The zero-order chi connectivity index (χ0) is 14.7. The van der Waals surface area contributed by atoms with Crippen LogP contribution >= 0.6 is 11.6 Å². The number of rotatable bonds is 3. The Morgan fingerprint density at radius 1 is 0.905 bits per heavy atom. The molecular weight excluding hydrogens is 280 g/mol. The molecule has 3 heteroatoms. The van der Waals surface area contributed by atoms with Crippen molar-refractivity contribution in [2.24, 2.45) is 5.10 Å². The third-order valence-corrected chi connectivity index (χ3v) is 3.63. The van der Waals surface area contributed by atoms with Crippen molar-refractivity contribution in [1.82, 2.24) is 0 Å². The number of nitrogens with one attached hydrogen (secondary N) is 1. The zero-order valence-corrected chi connectivity index (χ0v) is 12.4. The van der Waals surface area contributed by atoms with E-state index in [0.717, 1.165) is 16.6 Å². The number of hydrogen-bond acceptors (Lipinski definition) is 2. The van der Waals surface area contributed by atoms with E-state index in [-0.39, 0.29) is 0 Å². The Morgan fingerprint density at radius 3 is 2.38 bits per heavy atom. The molecule has 0 fully saturated rings. The fourth-order valence-corrected chi connectivity index (χ4v) is 2.28. The number of hydrogen-bond donors (Lipinski definition) is 1. The molecule has 0 aromatic heterocycles. The number of benzene rings is 3.